The number of nitrogens with one attached hydrogen (secondary N) is 1. The largest absolute Gasteiger partial charge is 0.394 e. The van der Waals surface area contributed by atoms with Crippen LogP contribution in [0.3, 0.4) is 0 Å². The van der Waals surface area contributed by atoms with Gasteiger partial charge in [0.05, 0.1) is 32.0 Å². The molecule has 2 fully saturated rings. The molecular weight excluding hydrogens is 835 g/mol. The predicted molar refractivity (Wildman–Crippen MR) is 254 cm³/mol. The van der Waals surface area contributed by atoms with Crippen LogP contribution in [0.2, 0.25) is 0 Å². The average molecular weight is 932 g/mol. The average Bonchev–Trinajstić information content (AvgIpc) is 3.30. The maximum atomic E-state index is 13.1. The van der Waals surface area contributed by atoms with Gasteiger partial charge in [0.2, 0.25) is 5.91 Å². The fourth-order valence-electron chi connectivity index (χ4n) is 8.89. The van der Waals surface area contributed by atoms with Gasteiger partial charge < -0.3 is 65.1 Å². The summed E-state index contributed by atoms with van der Waals surface area (Å²) < 4.78 is 22.7. The Kier molecular flexibility index (Phi) is 35.5. The number of allylic oxidation sites excluding steroid dienone is 2. The van der Waals surface area contributed by atoms with E-state index < -0.39 is 86.8 Å². The SMILES string of the molecule is CCC/C=C\CCCCCCCC(=O)NC(COC1OC(CO)C(OC2OC(CO)C(O)C(O)C2O)C(O)C1O)C(O)CCCCCCCCCCCCCCCCCCCCCCC. The summed E-state index contributed by atoms with van der Waals surface area (Å²) in [6.45, 7) is 2.79. The lowest BCUT2D eigenvalue weighted by Gasteiger charge is -2.46. The lowest BCUT2D eigenvalue weighted by atomic mass is 9.97. The lowest BCUT2D eigenvalue weighted by Crippen LogP contribution is -2.65. The van der Waals surface area contributed by atoms with Gasteiger partial charge in [0.15, 0.2) is 12.6 Å². The van der Waals surface area contributed by atoms with Crippen LogP contribution in [-0.2, 0) is 23.7 Å². The van der Waals surface area contributed by atoms with Crippen molar-refractivity contribution in [2.75, 3.05) is 19.8 Å². The van der Waals surface area contributed by atoms with Crippen molar-refractivity contribution in [2.24, 2.45) is 0 Å². The quantitative estimate of drug-likeness (QED) is 0.0219. The molecule has 0 aromatic rings. The van der Waals surface area contributed by atoms with Crippen LogP contribution in [-0.4, -0.2) is 140 Å². The van der Waals surface area contributed by atoms with Crippen LogP contribution in [0.1, 0.15) is 213 Å². The fourth-order valence-corrected chi connectivity index (χ4v) is 8.89. The Morgan fingerprint density at radius 3 is 1.52 bits per heavy atom. The fraction of sp³-hybridized carbons (Fsp3) is 0.941. The monoisotopic (exact) mass is 932 g/mol. The first-order chi connectivity index (χ1) is 31.6. The lowest BCUT2D eigenvalue weighted by molar-refractivity contribution is -0.359. The molecule has 384 valence electrons. The highest BCUT2D eigenvalue weighted by molar-refractivity contribution is 5.76. The second-order valence-electron chi connectivity index (χ2n) is 19.0. The molecule has 2 saturated heterocycles. The molecule has 65 heavy (non-hydrogen) atoms. The number of unbranched alkanes of at least 4 members (excludes halogenated alkanes) is 26. The zero-order valence-electron chi connectivity index (χ0n) is 40.7. The van der Waals surface area contributed by atoms with E-state index in [1.807, 2.05) is 0 Å². The molecule has 0 spiro atoms. The van der Waals surface area contributed by atoms with Gasteiger partial charge in [-0.05, 0) is 32.1 Å². The first-order valence-electron chi connectivity index (χ1n) is 26.4. The Balaban J connectivity index is 1.77. The zero-order valence-corrected chi connectivity index (χ0v) is 40.7. The van der Waals surface area contributed by atoms with E-state index in [0.717, 1.165) is 70.6 Å². The molecule has 2 aliphatic rings. The molecule has 2 rings (SSSR count). The number of carbonyl (C=O) groups excluding carboxylic acids is 1. The van der Waals surface area contributed by atoms with Crippen LogP contribution in [0.25, 0.3) is 0 Å². The molecule has 12 atom stereocenters. The molecule has 0 bridgehead atoms. The highest BCUT2D eigenvalue weighted by Crippen LogP contribution is 2.30. The van der Waals surface area contributed by atoms with E-state index in [1.165, 1.54) is 109 Å². The number of hydrogen-bond donors (Lipinski definition) is 9. The summed E-state index contributed by atoms with van der Waals surface area (Å²) in [6.07, 6.45) is 23.7. The second-order valence-corrected chi connectivity index (χ2v) is 19.0. The third kappa shape index (κ3) is 25.8. The standard InChI is InChI=1S/C51H97NO13/c1-3-5-7-9-11-13-15-16-17-18-19-20-21-22-23-24-25-26-28-30-32-34-40(55)39(52-43(56)35-33-31-29-27-14-12-10-8-6-4-2)38-62-50-48(61)46(59)49(42(37-54)64-50)65-51-47(60)45(58)44(57)41(36-53)63-51/h8,10,39-42,44-51,53-55,57-61H,3-7,9,11-38H2,1-2H3,(H,52,56)/b10-8-. The van der Waals surface area contributed by atoms with Gasteiger partial charge >= 0.3 is 0 Å². The molecule has 0 saturated carbocycles. The zero-order chi connectivity index (χ0) is 47.5. The third-order valence-corrected chi connectivity index (χ3v) is 13.2. The van der Waals surface area contributed by atoms with Crippen molar-refractivity contribution in [1.82, 2.24) is 5.32 Å². The van der Waals surface area contributed by atoms with Crippen LogP contribution in [0.15, 0.2) is 12.2 Å². The Morgan fingerprint density at radius 2 is 1.00 bits per heavy atom. The van der Waals surface area contributed by atoms with Gasteiger partial charge in [-0.15, -0.1) is 0 Å². The first kappa shape index (κ1) is 59.9. The molecule has 0 aromatic carbocycles. The highest BCUT2D eigenvalue weighted by atomic mass is 16.7. The van der Waals surface area contributed by atoms with Gasteiger partial charge in [-0.3, -0.25) is 4.79 Å². The van der Waals surface area contributed by atoms with Gasteiger partial charge in [0.25, 0.3) is 0 Å². The van der Waals surface area contributed by atoms with E-state index in [9.17, 15) is 45.6 Å². The molecular formula is C51H97NO13. The molecule has 2 aliphatic heterocycles. The van der Waals surface area contributed by atoms with Gasteiger partial charge in [0.1, 0.15) is 48.8 Å². The molecule has 0 aromatic heterocycles. The molecule has 9 N–H and O–H groups in total. The van der Waals surface area contributed by atoms with Crippen LogP contribution < -0.4 is 5.32 Å². The van der Waals surface area contributed by atoms with E-state index in [1.54, 1.807) is 0 Å². The summed E-state index contributed by atoms with van der Waals surface area (Å²) in [7, 11) is 0. The Bertz CT molecular complexity index is 1150. The van der Waals surface area contributed by atoms with E-state index >= 15 is 0 Å². The summed E-state index contributed by atoms with van der Waals surface area (Å²) in [4.78, 5) is 13.1. The van der Waals surface area contributed by atoms with Crippen LogP contribution in [0, 0.1) is 0 Å². The first-order valence-corrected chi connectivity index (χ1v) is 26.4. The van der Waals surface area contributed by atoms with Crippen molar-refractivity contribution in [3.05, 3.63) is 12.2 Å². The molecule has 0 radical (unpaired) electrons. The Labute approximate surface area is 393 Å². The summed E-state index contributed by atoms with van der Waals surface area (Å²) in [5.74, 6) is -0.217. The number of rotatable bonds is 41. The second kappa shape index (κ2) is 38.6. The summed E-state index contributed by atoms with van der Waals surface area (Å²) in [6, 6.07) is -0.828. The summed E-state index contributed by atoms with van der Waals surface area (Å²) >= 11 is 0. The van der Waals surface area contributed by atoms with Crippen molar-refractivity contribution in [1.29, 1.82) is 0 Å². The smallest absolute Gasteiger partial charge is 0.220 e. The van der Waals surface area contributed by atoms with E-state index in [0.29, 0.717) is 19.3 Å². The van der Waals surface area contributed by atoms with Crippen molar-refractivity contribution >= 4 is 5.91 Å². The van der Waals surface area contributed by atoms with Gasteiger partial charge in [-0.25, -0.2) is 0 Å². The van der Waals surface area contributed by atoms with Gasteiger partial charge in [-0.2, -0.15) is 0 Å². The van der Waals surface area contributed by atoms with Gasteiger partial charge in [0, 0.05) is 6.42 Å². The van der Waals surface area contributed by atoms with E-state index in [2.05, 4.69) is 31.3 Å². The van der Waals surface area contributed by atoms with Crippen molar-refractivity contribution in [2.45, 2.75) is 286 Å². The maximum absolute atomic E-state index is 13.1. The van der Waals surface area contributed by atoms with Gasteiger partial charge in [-0.1, -0.05) is 187 Å². The third-order valence-electron chi connectivity index (χ3n) is 13.2. The number of hydrogen-bond acceptors (Lipinski definition) is 13. The molecule has 14 heteroatoms. The topological polar surface area (TPSA) is 228 Å². The Morgan fingerprint density at radius 1 is 0.538 bits per heavy atom. The maximum Gasteiger partial charge on any atom is 0.220 e. The molecule has 2 heterocycles. The minimum Gasteiger partial charge on any atom is -0.394 e. The minimum atomic E-state index is -1.78. The van der Waals surface area contributed by atoms with Crippen LogP contribution in [0.5, 0.6) is 0 Å². The summed E-state index contributed by atoms with van der Waals surface area (Å²) in [5, 5.41) is 86.8. The van der Waals surface area contributed by atoms with Crippen molar-refractivity contribution in [3.8, 4) is 0 Å². The van der Waals surface area contributed by atoms with Crippen molar-refractivity contribution in [3.63, 3.8) is 0 Å². The summed E-state index contributed by atoms with van der Waals surface area (Å²) in [5.41, 5.74) is 0. The van der Waals surface area contributed by atoms with Crippen LogP contribution >= 0.6 is 0 Å². The molecule has 0 aliphatic carbocycles. The number of aliphatic hydroxyl groups is 8. The van der Waals surface area contributed by atoms with E-state index in [4.69, 9.17) is 18.9 Å². The Hall–Kier alpha value is -1.27. The predicted octanol–water partition coefficient (Wildman–Crippen LogP) is 7.16. The molecule has 14 nitrogen and oxygen atoms in total. The number of amides is 1. The van der Waals surface area contributed by atoms with E-state index in [-0.39, 0.29) is 12.5 Å². The minimum absolute atomic E-state index is 0.217. The van der Waals surface area contributed by atoms with Crippen molar-refractivity contribution < 1.29 is 64.6 Å². The normalized spacial score (nSPS) is 27.0. The van der Waals surface area contributed by atoms with Crippen LogP contribution in [0.4, 0.5) is 0 Å². The molecule has 1 amide bonds. The highest BCUT2D eigenvalue weighted by Gasteiger charge is 2.51. The number of aliphatic hydroxyl groups excluding tert-OH is 8. The number of carbonyl (C=O) groups is 1. The number of ether oxygens (including phenoxy) is 4. The molecule has 12 unspecified atom stereocenters.